The summed E-state index contributed by atoms with van der Waals surface area (Å²) in [7, 11) is 1.84. The molecular weight excluding hydrogens is 366 g/mol. The van der Waals surface area contributed by atoms with E-state index in [2.05, 4.69) is 23.5 Å². The van der Waals surface area contributed by atoms with E-state index in [1.54, 1.807) is 0 Å². The molecule has 1 atom stereocenters. The molecule has 0 saturated carbocycles. The van der Waals surface area contributed by atoms with E-state index in [1.165, 1.54) is 0 Å². The Morgan fingerprint density at radius 3 is 2.55 bits per heavy atom. The van der Waals surface area contributed by atoms with Gasteiger partial charge in [0, 0.05) is 24.8 Å². The van der Waals surface area contributed by atoms with Crippen LogP contribution in [0.15, 0.2) is 48.5 Å². The molecule has 6 heteroatoms. The van der Waals surface area contributed by atoms with Gasteiger partial charge in [0.15, 0.2) is 0 Å². The van der Waals surface area contributed by atoms with E-state index in [9.17, 15) is 9.59 Å². The second-order valence-electron chi connectivity index (χ2n) is 7.71. The lowest BCUT2D eigenvalue weighted by Crippen LogP contribution is -2.38. The van der Waals surface area contributed by atoms with Gasteiger partial charge in [-0.1, -0.05) is 36.4 Å². The molecular formula is C23H29N3O3. The molecule has 1 unspecified atom stereocenters. The first-order chi connectivity index (χ1) is 13.9. The van der Waals surface area contributed by atoms with Gasteiger partial charge in [-0.15, -0.1) is 0 Å². The number of carbonyl (C=O) groups excluding carboxylic acids is 1. The van der Waals surface area contributed by atoms with Gasteiger partial charge in [0.1, 0.15) is 0 Å². The molecule has 1 heterocycles. The predicted octanol–water partition coefficient (Wildman–Crippen LogP) is 4.06. The number of benzene rings is 2. The van der Waals surface area contributed by atoms with Crippen LogP contribution >= 0.6 is 0 Å². The summed E-state index contributed by atoms with van der Waals surface area (Å²) in [4.78, 5) is 27.4. The summed E-state index contributed by atoms with van der Waals surface area (Å²) in [5.41, 5.74) is 4.12. The molecule has 6 nitrogen and oxygen atoms in total. The number of rotatable bonds is 5. The maximum atomic E-state index is 12.8. The van der Waals surface area contributed by atoms with E-state index >= 15 is 0 Å². The number of hydrogen-bond acceptors (Lipinski definition) is 3. The number of amides is 2. The number of nitrogens with zero attached hydrogens (tertiary/aromatic N) is 2. The van der Waals surface area contributed by atoms with Crippen LogP contribution in [0.5, 0.6) is 0 Å². The summed E-state index contributed by atoms with van der Waals surface area (Å²) >= 11 is 0. The molecule has 3 rings (SSSR count). The molecule has 1 fully saturated rings. The maximum Gasteiger partial charge on any atom is 0.321 e. The molecule has 0 aromatic heterocycles. The first-order valence-corrected chi connectivity index (χ1v) is 10.1. The van der Waals surface area contributed by atoms with Gasteiger partial charge in [0.05, 0.1) is 6.54 Å². The Labute approximate surface area is 172 Å². The third kappa shape index (κ3) is 5.57. The van der Waals surface area contributed by atoms with Crippen molar-refractivity contribution < 1.29 is 14.7 Å². The molecule has 1 aliphatic heterocycles. The molecule has 29 heavy (non-hydrogen) atoms. The smallest absolute Gasteiger partial charge is 0.321 e. The van der Waals surface area contributed by atoms with E-state index in [0.717, 1.165) is 41.6 Å². The third-order valence-corrected chi connectivity index (χ3v) is 5.57. The minimum atomic E-state index is -0.819. The molecule has 1 aliphatic rings. The zero-order chi connectivity index (χ0) is 20.8. The number of likely N-dealkylation sites (tertiary alicyclic amines) is 1. The molecule has 2 amide bonds. The zero-order valence-electron chi connectivity index (χ0n) is 17.1. The van der Waals surface area contributed by atoms with Crippen LogP contribution in [0.25, 0.3) is 11.1 Å². The van der Waals surface area contributed by atoms with Crippen molar-refractivity contribution in [1.29, 1.82) is 0 Å². The van der Waals surface area contributed by atoms with Crippen LogP contribution in [0.4, 0.5) is 10.5 Å². The average molecular weight is 396 g/mol. The fourth-order valence-corrected chi connectivity index (χ4v) is 3.87. The zero-order valence-corrected chi connectivity index (χ0v) is 17.1. The second-order valence-corrected chi connectivity index (χ2v) is 7.71. The second kappa shape index (κ2) is 9.56. The van der Waals surface area contributed by atoms with Crippen molar-refractivity contribution in [2.75, 3.05) is 32.0 Å². The van der Waals surface area contributed by atoms with E-state index < -0.39 is 5.97 Å². The fraction of sp³-hybridized carbons (Fsp3) is 0.391. The molecule has 0 aliphatic carbocycles. The van der Waals surface area contributed by atoms with Gasteiger partial charge < -0.3 is 15.3 Å². The number of carboxylic acids is 1. The Morgan fingerprint density at radius 2 is 1.86 bits per heavy atom. The first kappa shape index (κ1) is 20.9. The molecule has 0 radical (unpaired) electrons. The number of urea groups is 1. The van der Waals surface area contributed by atoms with Crippen molar-refractivity contribution in [3.8, 4) is 11.1 Å². The summed E-state index contributed by atoms with van der Waals surface area (Å²) in [6.07, 6.45) is 2.55. The highest BCUT2D eigenvalue weighted by molar-refractivity contribution is 5.90. The quantitative estimate of drug-likeness (QED) is 0.801. The van der Waals surface area contributed by atoms with Crippen LogP contribution in [-0.4, -0.2) is 59.6 Å². The molecule has 154 valence electrons. The number of aryl methyl sites for hydroxylation is 1. The number of carbonyl (C=O) groups is 2. The first-order valence-electron chi connectivity index (χ1n) is 10.1. The lowest BCUT2D eigenvalue weighted by atomic mass is 10.0. The Morgan fingerprint density at radius 1 is 1.10 bits per heavy atom. The molecule has 0 spiro atoms. The number of nitrogens with one attached hydrogen (secondary N) is 1. The van der Waals surface area contributed by atoms with Gasteiger partial charge in [-0.2, -0.15) is 0 Å². The fourth-order valence-electron chi connectivity index (χ4n) is 3.87. The molecule has 0 bridgehead atoms. The summed E-state index contributed by atoms with van der Waals surface area (Å²) in [6.45, 7) is 3.34. The number of likely N-dealkylation sites (N-methyl/N-ethyl adjacent to an activating group) is 1. The maximum absolute atomic E-state index is 12.8. The third-order valence-electron chi connectivity index (χ3n) is 5.57. The topological polar surface area (TPSA) is 72.9 Å². The van der Waals surface area contributed by atoms with Gasteiger partial charge in [-0.3, -0.25) is 9.69 Å². The molecule has 2 aromatic carbocycles. The van der Waals surface area contributed by atoms with Crippen LogP contribution < -0.4 is 5.32 Å². The van der Waals surface area contributed by atoms with Gasteiger partial charge in [-0.25, -0.2) is 4.79 Å². The Kier molecular flexibility index (Phi) is 6.88. The van der Waals surface area contributed by atoms with Crippen molar-refractivity contribution in [3.63, 3.8) is 0 Å². The van der Waals surface area contributed by atoms with E-state index in [4.69, 9.17) is 5.11 Å². The lowest BCUT2D eigenvalue weighted by Gasteiger charge is -2.25. The highest BCUT2D eigenvalue weighted by Crippen LogP contribution is 2.25. The number of hydrogen-bond donors (Lipinski definition) is 2. The van der Waals surface area contributed by atoms with Gasteiger partial charge in [0.25, 0.3) is 0 Å². The van der Waals surface area contributed by atoms with Crippen LogP contribution in [-0.2, 0) is 4.79 Å². The number of anilines is 1. The van der Waals surface area contributed by atoms with E-state index in [-0.39, 0.29) is 18.6 Å². The Balaban J connectivity index is 1.61. The normalized spacial score (nSPS) is 17.1. The minimum absolute atomic E-state index is 0.0316. The predicted molar refractivity (Wildman–Crippen MR) is 115 cm³/mol. The van der Waals surface area contributed by atoms with Crippen LogP contribution in [0.2, 0.25) is 0 Å². The highest BCUT2D eigenvalue weighted by Gasteiger charge is 2.24. The summed E-state index contributed by atoms with van der Waals surface area (Å²) in [5.74, 6) is -0.819. The van der Waals surface area contributed by atoms with Crippen LogP contribution in [0.1, 0.15) is 24.8 Å². The summed E-state index contributed by atoms with van der Waals surface area (Å²) in [6, 6.07) is 16.3. The number of carboxylic acid groups (broad SMARTS) is 1. The van der Waals surface area contributed by atoms with Crippen LogP contribution in [0.3, 0.4) is 0 Å². The molecule has 2 aromatic rings. The summed E-state index contributed by atoms with van der Waals surface area (Å²) in [5, 5.41) is 12.0. The SMILES string of the molecule is Cc1cc(-c2ccccc2)ccc1NC(=O)N1CCCC(N(C)CC(=O)O)CC1. The monoisotopic (exact) mass is 395 g/mol. The number of aliphatic carboxylic acids is 1. The summed E-state index contributed by atoms with van der Waals surface area (Å²) < 4.78 is 0. The van der Waals surface area contributed by atoms with Crippen molar-refractivity contribution in [2.24, 2.45) is 0 Å². The average Bonchev–Trinajstić information content (AvgIpc) is 2.96. The van der Waals surface area contributed by atoms with Crippen molar-refractivity contribution in [1.82, 2.24) is 9.80 Å². The van der Waals surface area contributed by atoms with Crippen molar-refractivity contribution >= 4 is 17.7 Å². The highest BCUT2D eigenvalue weighted by atomic mass is 16.4. The Bertz CT molecular complexity index is 854. The van der Waals surface area contributed by atoms with E-state index in [0.29, 0.717) is 13.1 Å². The Hall–Kier alpha value is -2.86. The lowest BCUT2D eigenvalue weighted by molar-refractivity contribution is -0.138. The largest absolute Gasteiger partial charge is 0.480 e. The van der Waals surface area contributed by atoms with Gasteiger partial charge >= 0.3 is 12.0 Å². The molecule has 2 N–H and O–H groups in total. The van der Waals surface area contributed by atoms with Gasteiger partial charge in [-0.05, 0) is 62.1 Å². The van der Waals surface area contributed by atoms with Crippen molar-refractivity contribution in [3.05, 3.63) is 54.1 Å². The standard InChI is InChI=1S/C23H29N3O3/c1-17-15-19(18-7-4-3-5-8-18)10-11-21(17)24-23(29)26-13-6-9-20(12-14-26)25(2)16-22(27)28/h3-5,7-8,10-11,15,20H,6,9,12-14,16H2,1-2H3,(H,24,29)(H,27,28). The molecule has 1 saturated heterocycles. The van der Waals surface area contributed by atoms with Crippen molar-refractivity contribution in [2.45, 2.75) is 32.2 Å². The van der Waals surface area contributed by atoms with Gasteiger partial charge in [0.2, 0.25) is 0 Å². The minimum Gasteiger partial charge on any atom is -0.480 e. The van der Waals surface area contributed by atoms with Crippen LogP contribution in [0, 0.1) is 6.92 Å². The van der Waals surface area contributed by atoms with E-state index in [1.807, 2.05) is 54.1 Å².